The van der Waals surface area contributed by atoms with Crippen LogP contribution in [0.4, 0.5) is 11.5 Å². The lowest BCUT2D eigenvalue weighted by Crippen LogP contribution is -2.46. The standard InChI is InChI=1S/C21H24N6O2/c1-12-3-6-14(7-4-12)17-8-5-13(2)11-27(17)21(29)20(28)25-16-10-23-19(22)15-9-24-26-18(15)16/h3-4,6-7,9-10,13,17H,5,8,11H2,1-2H3,(H2,22,23)(H,24,26)(H,25,28). The van der Waals surface area contributed by atoms with Crippen LogP contribution in [0.5, 0.6) is 0 Å². The Morgan fingerprint density at radius 1 is 1.21 bits per heavy atom. The molecule has 8 heteroatoms. The van der Waals surface area contributed by atoms with Gasteiger partial charge >= 0.3 is 11.8 Å². The Bertz CT molecular complexity index is 1060. The normalized spacial score (nSPS) is 19.3. The van der Waals surface area contributed by atoms with Gasteiger partial charge in [0.15, 0.2) is 0 Å². The maximum absolute atomic E-state index is 13.1. The molecule has 1 aromatic carbocycles. The number of hydrogen-bond acceptors (Lipinski definition) is 5. The molecule has 1 aliphatic heterocycles. The summed E-state index contributed by atoms with van der Waals surface area (Å²) in [6, 6.07) is 8.02. The van der Waals surface area contributed by atoms with Crippen molar-refractivity contribution in [1.29, 1.82) is 0 Å². The molecule has 3 heterocycles. The molecule has 3 aromatic rings. The van der Waals surface area contributed by atoms with Crippen molar-refractivity contribution in [2.24, 2.45) is 5.92 Å². The molecule has 2 aromatic heterocycles. The second-order valence-electron chi connectivity index (χ2n) is 7.74. The summed E-state index contributed by atoms with van der Waals surface area (Å²) in [7, 11) is 0. The number of likely N-dealkylation sites (tertiary alicyclic amines) is 1. The zero-order chi connectivity index (χ0) is 20.5. The van der Waals surface area contributed by atoms with E-state index >= 15 is 0 Å². The van der Waals surface area contributed by atoms with Gasteiger partial charge in [-0.25, -0.2) is 4.98 Å². The molecule has 1 fully saturated rings. The van der Waals surface area contributed by atoms with Crippen molar-refractivity contribution < 1.29 is 9.59 Å². The van der Waals surface area contributed by atoms with E-state index in [0.29, 0.717) is 34.9 Å². The van der Waals surface area contributed by atoms with Gasteiger partial charge in [-0.1, -0.05) is 36.8 Å². The van der Waals surface area contributed by atoms with Gasteiger partial charge < -0.3 is 16.0 Å². The molecule has 29 heavy (non-hydrogen) atoms. The molecule has 2 unspecified atom stereocenters. The van der Waals surface area contributed by atoms with Crippen LogP contribution in [0.15, 0.2) is 36.7 Å². The van der Waals surface area contributed by atoms with E-state index in [1.54, 1.807) is 4.90 Å². The first-order valence-electron chi connectivity index (χ1n) is 9.70. The number of anilines is 2. The third-order valence-electron chi connectivity index (χ3n) is 5.50. The number of nitrogen functional groups attached to an aromatic ring is 1. The molecule has 1 aliphatic rings. The highest BCUT2D eigenvalue weighted by Crippen LogP contribution is 2.34. The van der Waals surface area contributed by atoms with Crippen LogP contribution >= 0.6 is 0 Å². The van der Waals surface area contributed by atoms with Gasteiger partial charge in [0.25, 0.3) is 0 Å². The SMILES string of the molecule is Cc1ccc(C2CCC(C)CN2C(=O)C(=O)Nc2cnc(N)c3cn[nH]c23)cc1. The number of aromatic amines is 1. The van der Waals surface area contributed by atoms with Gasteiger partial charge in [-0.15, -0.1) is 0 Å². The third-order valence-corrected chi connectivity index (χ3v) is 5.50. The van der Waals surface area contributed by atoms with Gasteiger partial charge in [0, 0.05) is 6.54 Å². The van der Waals surface area contributed by atoms with E-state index in [-0.39, 0.29) is 6.04 Å². The van der Waals surface area contributed by atoms with E-state index in [9.17, 15) is 9.59 Å². The first kappa shape index (κ1) is 18.9. The van der Waals surface area contributed by atoms with E-state index in [4.69, 9.17) is 5.73 Å². The molecule has 2 atom stereocenters. The molecule has 0 radical (unpaired) electrons. The number of nitrogens with one attached hydrogen (secondary N) is 2. The van der Waals surface area contributed by atoms with Gasteiger partial charge in [-0.05, 0) is 31.2 Å². The second kappa shape index (κ2) is 7.54. The number of fused-ring (bicyclic) bond motifs is 1. The molecule has 0 spiro atoms. The zero-order valence-corrected chi connectivity index (χ0v) is 16.5. The molecular weight excluding hydrogens is 368 g/mol. The average molecular weight is 392 g/mol. The highest BCUT2D eigenvalue weighted by molar-refractivity contribution is 6.40. The van der Waals surface area contributed by atoms with Crippen LogP contribution in [0.2, 0.25) is 0 Å². The van der Waals surface area contributed by atoms with Crippen molar-refractivity contribution in [3.8, 4) is 0 Å². The predicted octanol–water partition coefficient (Wildman–Crippen LogP) is 2.79. The van der Waals surface area contributed by atoms with Crippen LogP contribution in [0.25, 0.3) is 10.9 Å². The summed E-state index contributed by atoms with van der Waals surface area (Å²) in [6.45, 7) is 4.67. The third kappa shape index (κ3) is 3.65. The van der Waals surface area contributed by atoms with Gasteiger partial charge in [0.2, 0.25) is 0 Å². The largest absolute Gasteiger partial charge is 0.383 e. The Morgan fingerprint density at radius 2 is 1.97 bits per heavy atom. The minimum absolute atomic E-state index is 0.109. The van der Waals surface area contributed by atoms with Crippen LogP contribution in [0.1, 0.15) is 36.9 Å². The summed E-state index contributed by atoms with van der Waals surface area (Å²) < 4.78 is 0. The van der Waals surface area contributed by atoms with E-state index in [1.807, 2.05) is 31.2 Å². The van der Waals surface area contributed by atoms with Crippen molar-refractivity contribution >= 4 is 34.2 Å². The number of nitrogens with zero attached hydrogens (tertiary/aromatic N) is 3. The van der Waals surface area contributed by atoms with Gasteiger partial charge in [-0.2, -0.15) is 5.10 Å². The summed E-state index contributed by atoms with van der Waals surface area (Å²) >= 11 is 0. The van der Waals surface area contributed by atoms with Crippen molar-refractivity contribution in [3.05, 3.63) is 47.8 Å². The Morgan fingerprint density at radius 3 is 2.72 bits per heavy atom. The lowest BCUT2D eigenvalue weighted by molar-refractivity contribution is -0.146. The van der Waals surface area contributed by atoms with E-state index < -0.39 is 11.8 Å². The van der Waals surface area contributed by atoms with Crippen LogP contribution in [-0.4, -0.2) is 38.4 Å². The topological polar surface area (TPSA) is 117 Å². The fourth-order valence-electron chi connectivity index (χ4n) is 3.87. The first-order valence-corrected chi connectivity index (χ1v) is 9.70. The van der Waals surface area contributed by atoms with Gasteiger partial charge in [0.05, 0.1) is 35.0 Å². The number of carbonyl (C=O) groups is 2. The van der Waals surface area contributed by atoms with Crippen LogP contribution in [0.3, 0.4) is 0 Å². The number of amides is 2. The number of H-pyrrole nitrogens is 1. The molecule has 4 N–H and O–H groups in total. The zero-order valence-electron chi connectivity index (χ0n) is 16.5. The lowest BCUT2D eigenvalue weighted by atomic mass is 9.89. The molecule has 8 nitrogen and oxygen atoms in total. The fourth-order valence-corrected chi connectivity index (χ4v) is 3.87. The van der Waals surface area contributed by atoms with Gasteiger partial charge in [0.1, 0.15) is 5.82 Å². The maximum Gasteiger partial charge on any atom is 0.314 e. The molecule has 4 rings (SSSR count). The van der Waals surface area contributed by atoms with Crippen molar-refractivity contribution in [3.63, 3.8) is 0 Å². The highest BCUT2D eigenvalue weighted by Gasteiger charge is 2.34. The number of aromatic nitrogens is 3. The van der Waals surface area contributed by atoms with E-state index in [1.165, 1.54) is 12.4 Å². The molecular formula is C21H24N6O2. The van der Waals surface area contributed by atoms with Crippen molar-refractivity contribution in [1.82, 2.24) is 20.1 Å². The van der Waals surface area contributed by atoms with Crippen molar-refractivity contribution in [2.75, 3.05) is 17.6 Å². The monoisotopic (exact) mass is 392 g/mol. The van der Waals surface area contributed by atoms with Crippen LogP contribution < -0.4 is 11.1 Å². The number of nitrogens with two attached hydrogens (primary N) is 1. The minimum Gasteiger partial charge on any atom is -0.383 e. The molecule has 1 saturated heterocycles. The average Bonchev–Trinajstić information content (AvgIpc) is 3.21. The number of aryl methyl sites for hydroxylation is 1. The first-order chi connectivity index (χ1) is 13.9. The quantitative estimate of drug-likeness (QED) is 0.580. The van der Waals surface area contributed by atoms with E-state index in [2.05, 4.69) is 27.4 Å². The predicted molar refractivity (Wildman–Crippen MR) is 111 cm³/mol. The molecule has 0 saturated carbocycles. The summed E-state index contributed by atoms with van der Waals surface area (Å²) in [5, 5.41) is 10.0. The van der Waals surface area contributed by atoms with Crippen LogP contribution in [-0.2, 0) is 9.59 Å². The minimum atomic E-state index is -0.696. The number of rotatable bonds is 2. The van der Waals surface area contributed by atoms with Gasteiger partial charge in [-0.3, -0.25) is 14.7 Å². The van der Waals surface area contributed by atoms with Crippen LogP contribution in [0, 0.1) is 12.8 Å². The summed E-state index contributed by atoms with van der Waals surface area (Å²) in [5.74, 6) is -0.599. The number of benzene rings is 1. The maximum atomic E-state index is 13.1. The Labute approximate surface area is 168 Å². The summed E-state index contributed by atoms with van der Waals surface area (Å²) in [4.78, 5) is 31.6. The van der Waals surface area contributed by atoms with Crippen molar-refractivity contribution in [2.45, 2.75) is 32.7 Å². The highest BCUT2D eigenvalue weighted by atomic mass is 16.2. The summed E-state index contributed by atoms with van der Waals surface area (Å²) in [6.07, 6.45) is 4.81. The lowest BCUT2D eigenvalue weighted by Gasteiger charge is -2.38. The molecule has 150 valence electrons. The Balaban J connectivity index is 1.58. The molecule has 0 bridgehead atoms. The molecule has 2 amide bonds. The number of piperidine rings is 1. The number of carbonyl (C=O) groups excluding carboxylic acids is 2. The van der Waals surface area contributed by atoms with E-state index in [0.717, 1.165) is 24.0 Å². The fraction of sp³-hybridized carbons (Fsp3) is 0.333. The Kier molecular flexibility index (Phi) is 4.92. The second-order valence-corrected chi connectivity index (χ2v) is 7.74. The smallest absolute Gasteiger partial charge is 0.314 e. The number of pyridine rings is 1. The Hall–Kier alpha value is -3.42. The molecule has 0 aliphatic carbocycles. The number of hydrogen-bond donors (Lipinski definition) is 3. The summed E-state index contributed by atoms with van der Waals surface area (Å²) in [5.41, 5.74) is 8.96.